The number of nitrogens with two attached hydrogens (primary N) is 1. The average Bonchev–Trinajstić information content (AvgIpc) is 2.17. The fourth-order valence-electron chi connectivity index (χ4n) is 0.941. The molecule has 0 aliphatic carbocycles. The fourth-order valence-corrected chi connectivity index (χ4v) is 0.941. The highest BCUT2D eigenvalue weighted by molar-refractivity contribution is 5.81. The number of methoxy groups -OCH3 is 1. The van der Waals surface area contributed by atoms with Crippen molar-refractivity contribution < 1.29 is 9.53 Å². The molecule has 4 nitrogen and oxygen atoms in total. The van der Waals surface area contributed by atoms with E-state index in [1.165, 1.54) is 0 Å². The summed E-state index contributed by atoms with van der Waals surface area (Å²) in [7, 11) is 1.62. The Balaban J connectivity index is 3.71. The molecule has 4 heteroatoms. The van der Waals surface area contributed by atoms with E-state index < -0.39 is 6.04 Å². The van der Waals surface area contributed by atoms with E-state index in [2.05, 4.69) is 11.2 Å². The summed E-state index contributed by atoms with van der Waals surface area (Å²) in [6, 6.07) is -0.767. The molecule has 0 aromatic carbocycles. The van der Waals surface area contributed by atoms with Gasteiger partial charge in [-0.2, -0.15) is 0 Å². The van der Waals surface area contributed by atoms with Crippen molar-refractivity contribution in [1.29, 1.82) is 0 Å². The van der Waals surface area contributed by atoms with Gasteiger partial charge in [0.25, 0.3) is 0 Å². The average molecular weight is 198 g/mol. The zero-order valence-electron chi connectivity index (χ0n) is 8.75. The van der Waals surface area contributed by atoms with E-state index in [4.69, 9.17) is 16.9 Å². The van der Waals surface area contributed by atoms with Gasteiger partial charge in [0.1, 0.15) is 0 Å². The molecule has 0 saturated heterocycles. The van der Waals surface area contributed by atoms with Crippen molar-refractivity contribution in [2.75, 3.05) is 13.7 Å². The van der Waals surface area contributed by atoms with Crippen molar-refractivity contribution in [3.63, 3.8) is 0 Å². The van der Waals surface area contributed by atoms with Crippen LogP contribution in [0, 0.1) is 12.3 Å². The van der Waals surface area contributed by atoms with Crippen molar-refractivity contribution in [3.05, 3.63) is 0 Å². The normalized spacial score (nSPS) is 14.1. The number of nitrogens with one attached hydrogen (secondary N) is 1. The maximum absolute atomic E-state index is 11.3. The third-order valence-corrected chi connectivity index (χ3v) is 1.81. The lowest BCUT2D eigenvalue weighted by Gasteiger charge is -2.13. The standard InChI is InChI=1S/C10H18N2O2/c1-4-8(2)12-10(13)9(11)6-5-7-14-3/h1,8-9H,5-7,11H2,2-3H3,(H,12,13). The lowest BCUT2D eigenvalue weighted by Crippen LogP contribution is -2.44. The summed E-state index contributed by atoms with van der Waals surface area (Å²) in [4.78, 5) is 11.3. The fraction of sp³-hybridized carbons (Fsp3) is 0.700. The molecule has 0 radical (unpaired) electrons. The molecule has 2 unspecified atom stereocenters. The van der Waals surface area contributed by atoms with Crippen LogP contribution in [0.3, 0.4) is 0 Å². The molecule has 0 aromatic heterocycles. The van der Waals surface area contributed by atoms with Crippen molar-refractivity contribution in [3.8, 4) is 12.3 Å². The summed E-state index contributed by atoms with van der Waals surface area (Å²) in [5.74, 6) is 2.20. The number of rotatable bonds is 6. The molecular weight excluding hydrogens is 180 g/mol. The molecule has 1 amide bonds. The Morgan fingerprint density at radius 3 is 2.86 bits per heavy atom. The molecule has 0 aliphatic rings. The number of hydrogen-bond acceptors (Lipinski definition) is 3. The third kappa shape index (κ3) is 5.57. The number of carbonyl (C=O) groups excluding carboxylic acids is 1. The monoisotopic (exact) mass is 198 g/mol. The Morgan fingerprint density at radius 2 is 2.36 bits per heavy atom. The van der Waals surface area contributed by atoms with E-state index in [0.29, 0.717) is 13.0 Å². The molecule has 0 heterocycles. The van der Waals surface area contributed by atoms with Crippen LogP contribution in [0.15, 0.2) is 0 Å². The van der Waals surface area contributed by atoms with Gasteiger partial charge >= 0.3 is 0 Å². The summed E-state index contributed by atoms with van der Waals surface area (Å²) in [5.41, 5.74) is 5.62. The van der Waals surface area contributed by atoms with Crippen LogP contribution in [0.2, 0.25) is 0 Å². The van der Waals surface area contributed by atoms with Crippen LogP contribution in [-0.2, 0) is 9.53 Å². The molecule has 2 atom stereocenters. The first-order chi connectivity index (χ1) is 6.61. The lowest BCUT2D eigenvalue weighted by atomic mass is 10.1. The van der Waals surface area contributed by atoms with Crippen molar-refractivity contribution >= 4 is 5.91 Å². The van der Waals surface area contributed by atoms with Gasteiger partial charge in [0.15, 0.2) is 0 Å². The van der Waals surface area contributed by atoms with Crippen molar-refractivity contribution in [2.24, 2.45) is 5.73 Å². The highest BCUT2D eigenvalue weighted by atomic mass is 16.5. The zero-order chi connectivity index (χ0) is 11.0. The molecule has 0 spiro atoms. The van der Waals surface area contributed by atoms with Crippen molar-refractivity contribution in [1.82, 2.24) is 5.32 Å². The van der Waals surface area contributed by atoms with Crippen LogP contribution in [-0.4, -0.2) is 31.7 Å². The predicted molar refractivity (Wildman–Crippen MR) is 55.5 cm³/mol. The molecule has 0 aliphatic heterocycles. The van der Waals surface area contributed by atoms with E-state index in [-0.39, 0.29) is 11.9 Å². The van der Waals surface area contributed by atoms with E-state index in [9.17, 15) is 4.79 Å². The predicted octanol–water partition coefficient (Wildman–Crippen LogP) is -0.122. The second-order valence-electron chi connectivity index (χ2n) is 3.14. The molecule has 3 N–H and O–H groups in total. The van der Waals surface area contributed by atoms with Gasteiger partial charge in [0.05, 0.1) is 12.1 Å². The van der Waals surface area contributed by atoms with E-state index >= 15 is 0 Å². The SMILES string of the molecule is C#CC(C)NC(=O)C(N)CCCOC. The Bertz CT molecular complexity index is 211. The van der Waals surface area contributed by atoms with Gasteiger partial charge in [-0.25, -0.2) is 0 Å². The molecule has 0 saturated carbocycles. The molecule has 0 rings (SSSR count). The van der Waals surface area contributed by atoms with Crippen molar-refractivity contribution in [2.45, 2.75) is 31.8 Å². The second kappa shape index (κ2) is 7.36. The summed E-state index contributed by atoms with van der Waals surface area (Å²) < 4.78 is 4.85. The van der Waals surface area contributed by atoms with Crippen LogP contribution in [0.4, 0.5) is 0 Å². The summed E-state index contributed by atoms with van der Waals surface area (Å²) in [6.45, 7) is 2.35. The molecular formula is C10H18N2O2. The molecule has 14 heavy (non-hydrogen) atoms. The first kappa shape index (κ1) is 12.9. The van der Waals surface area contributed by atoms with Crippen LogP contribution in [0.5, 0.6) is 0 Å². The van der Waals surface area contributed by atoms with Gasteiger partial charge in [0, 0.05) is 13.7 Å². The van der Waals surface area contributed by atoms with Gasteiger partial charge in [-0.3, -0.25) is 4.79 Å². The second-order valence-corrected chi connectivity index (χ2v) is 3.14. The first-order valence-corrected chi connectivity index (χ1v) is 4.62. The largest absolute Gasteiger partial charge is 0.385 e. The summed E-state index contributed by atoms with van der Waals surface area (Å²) in [6.07, 6.45) is 6.50. The summed E-state index contributed by atoms with van der Waals surface area (Å²) in [5, 5.41) is 2.62. The Hall–Kier alpha value is -1.05. The van der Waals surface area contributed by atoms with E-state index in [1.54, 1.807) is 14.0 Å². The number of hydrogen-bond donors (Lipinski definition) is 2. The third-order valence-electron chi connectivity index (χ3n) is 1.81. The minimum Gasteiger partial charge on any atom is -0.385 e. The lowest BCUT2D eigenvalue weighted by molar-refractivity contribution is -0.122. The van der Waals surface area contributed by atoms with Crippen LogP contribution >= 0.6 is 0 Å². The first-order valence-electron chi connectivity index (χ1n) is 4.62. The van der Waals surface area contributed by atoms with Gasteiger partial charge in [-0.1, -0.05) is 5.92 Å². The van der Waals surface area contributed by atoms with E-state index in [0.717, 1.165) is 6.42 Å². The Morgan fingerprint density at radius 1 is 1.71 bits per heavy atom. The Kier molecular flexibility index (Phi) is 6.81. The molecule has 80 valence electrons. The highest BCUT2D eigenvalue weighted by Crippen LogP contribution is 1.95. The van der Waals surface area contributed by atoms with Crippen LogP contribution in [0.1, 0.15) is 19.8 Å². The van der Waals surface area contributed by atoms with Gasteiger partial charge in [-0.05, 0) is 19.8 Å². The topological polar surface area (TPSA) is 64.4 Å². The minimum atomic E-state index is -0.499. The number of terminal acetylenes is 1. The summed E-state index contributed by atoms with van der Waals surface area (Å²) >= 11 is 0. The van der Waals surface area contributed by atoms with Crippen LogP contribution < -0.4 is 11.1 Å². The minimum absolute atomic E-state index is 0.202. The molecule has 0 aromatic rings. The number of carbonyl (C=O) groups is 1. The highest BCUT2D eigenvalue weighted by Gasteiger charge is 2.13. The van der Waals surface area contributed by atoms with Gasteiger partial charge in [0.2, 0.25) is 5.91 Å². The quantitative estimate of drug-likeness (QED) is 0.462. The molecule has 0 fully saturated rings. The van der Waals surface area contributed by atoms with Gasteiger partial charge in [-0.15, -0.1) is 6.42 Å². The zero-order valence-corrected chi connectivity index (χ0v) is 8.75. The van der Waals surface area contributed by atoms with Gasteiger partial charge < -0.3 is 15.8 Å². The van der Waals surface area contributed by atoms with Crippen LogP contribution in [0.25, 0.3) is 0 Å². The maximum atomic E-state index is 11.3. The number of ether oxygens (including phenoxy) is 1. The number of amides is 1. The Labute approximate surface area is 85.2 Å². The smallest absolute Gasteiger partial charge is 0.237 e. The maximum Gasteiger partial charge on any atom is 0.237 e. The van der Waals surface area contributed by atoms with E-state index in [1.807, 2.05) is 0 Å². The molecule has 0 bridgehead atoms.